The van der Waals surface area contributed by atoms with E-state index < -0.39 is 11.8 Å². The molecule has 0 bridgehead atoms. The highest BCUT2D eigenvalue weighted by atomic mass is 19.1. The van der Waals surface area contributed by atoms with Gasteiger partial charge in [-0.05, 0) is 55.8 Å². The summed E-state index contributed by atoms with van der Waals surface area (Å²) in [5.74, 6) is -0.156. The van der Waals surface area contributed by atoms with Crippen molar-refractivity contribution < 1.29 is 23.8 Å². The van der Waals surface area contributed by atoms with E-state index in [4.69, 9.17) is 9.47 Å². The molecule has 0 fully saturated rings. The smallest absolute Gasteiger partial charge is 0.355 e. The Morgan fingerprint density at radius 1 is 1.08 bits per heavy atom. The summed E-state index contributed by atoms with van der Waals surface area (Å²) in [6, 6.07) is 17.1. The Labute approximate surface area is 219 Å². The van der Waals surface area contributed by atoms with Crippen LogP contribution in [0.2, 0.25) is 0 Å². The summed E-state index contributed by atoms with van der Waals surface area (Å²) in [7, 11) is 1.71. The Balaban J connectivity index is 1.51. The number of carbonyl (C=O) groups excluding carboxylic acids is 1. The van der Waals surface area contributed by atoms with Crippen LogP contribution in [-0.4, -0.2) is 39.1 Å². The van der Waals surface area contributed by atoms with E-state index in [1.165, 1.54) is 6.07 Å². The van der Waals surface area contributed by atoms with Gasteiger partial charge in [0.25, 0.3) is 0 Å². The first-order chi connectivity index (χ1) is 18.4. The number of aliphatic hydroxyl groups is 1. The lowest BCUT2D eigenvalue weighted by Gasteiger charge is -2.10. The lowest BCUT2D eigenvalue weighted by molar-refractivity contribution is 0.0519. The zero-order valence-corrected chi connectivity index (χ0v) is 21.7. The average Bonchev–Trinajstić information content (AvgIpc) is 3.42. The van der Waals surface area contributed by atoms with Gasteiger partial charge in [-0.25, -0.2) is 9.18 Å². The Morgan fingerprint density at radius 3 is 2.66 bits per heavy atom. The van der Waals surface area contributed by atoms with Crippen molar-refractivity contribution in [2.45, 2.75) is 33.3 Å². The minimum atomic E-state index is -0.495. The van der Waals surface area contributed by atoms with Gasteiger partial charge in [0.05, 0.1) is 36.7 Å². The summed E-state index contributed by atoms with van der Waals surface area (Å²) in [6.45, 7) is 3.87. The average molecular weight is 516 g/mol. The first kappa shape index (κ1) is 25.5. The molecule has 0 saturated heterocycles. The van der Waals surface area contributed by atoms with Gasteiger partial charge in [0.1, 0.15) is 17.3 Å². The van der Waals surface area contributed by atoms with Gasteiger partial charge in [0.2, 0.25) is 0 Å². The van der Waals surface area contributed by atoms with Crippen LogP contribution in [-0.2, 0) is 24.8 Å². The fourth-order valence-corrected chi connectivity index (χ4v) is 5.14. The molecule has 38 heavy (non-hydrogen) atoms. The van der Waals surface area contributed by atoms with Crippen molar-refractivity contribution in [1.29, 1.82) is 0 Å². The number of hydrogen-bond acceptors (Lipinski definition) is 5. The van der Waals surface area contributed by atoms with E-state index in [9.17, 15) is 9.90 Å². The minimum absolute atomic E-state index is 0.218. The molecule has 0 aliphatic carbocycles. The molecule has 2 aromatic heterocycles. The van der Waals surface area contributed by atoms with Gasteiger partial charge in [-0.3, -0.25) is 4.68 Å². The van der Waals surface area contributed by atoms with Crippen LogP contribution in [0.1, 0.15) is 40.8 Å². The summed E-state index contributed by atoms with van der Waals surface area (Å²) < 4.78 is 28.3. The molecule has 7 nitrogen and oxygen atoms in total. The van der Waals surface area contributed by atoms with Gasteiger partial charge in [-0.2, -0.15) is 5.10 Å². The van der Waals surface area contributed by atoms with Crippen LogP contribution in [0.3, 0.4) is 0 Å². The van der Waals surface area contributed by atoms with Crippen LogP contribution in [0.25, 0.3) is 32.8 Å². The van der Waals surface area contributed by atoms with E-state index in [-0.39, 0.29) is 18.8 Å². The van der Waals surface area contributed by atoms with Crippen molar-refractivity contribution in [3.8, 4) is 16.9 Å². The first-order valence-electron chi connectivity index (χ1n) is 12.7. The minimum Gasteiger partial charge on any atom is -0.493 e. The second kappa shape index (κ2) is 10.7. The van der Waals surface area contributed by atoms with Crippen molar-refractivity contribution in [2.75, 3.05) is 13.2 Å². The molecular weight excluding hydrogens is 485 g/mol. The predicted molar refractivity (Wildman–Crippen MR) is 145 cm³/mol. The Hall–Kier alpha value is -4.17. The van der Waals surface area contributed by atoms with Crippen molar-refractivity contribution >= 4 is 27.6 Å². The molecule has 0 aliphatic rings. The standard InChI is InChI=1S/C30H30FN3O4/c1-4-37-30(36)29-21(12-8-16-38-25-13-7-10-19-9-5-6-11-20(19)25)22-14-15-23(31)27(28(22)32-29)26-18(2)33-34(3)24(26)17-35/h5-7,9-11,13-15,32,35H,4,8,12,16-17H2,1-3H3. The summed E-state index contributed by atoms with van der Waals surface area (Å²) in [6.07, 6.45) is 1.14. The van der Waals surface area contributed by atoms with Gasteiger partial charge in [-0.15, -0.1) is 0 Å². The lowest BCUT2D eigenvalue weighted by Crippen LogP contribution is -2.09. The van der Waals surface area contributed by atoms with E-state index in [2.05, 4.69) is 10.1 Å². The van der Waals surface area contributed by atoms with Gasteiger partial charge >= 0.3 is 5.97 Å². The molecule has 5 aromatic rings. The van der Waals surface area contributed by atoms with E-state index in [0.29, 0.717) is 47.6 Å². The van der Waals surface area contributed by atoms with Gasteiger partial charge in [0.15, 0.2) is 0 Å². The van der Waals surface area contributed by atoms with E-state index >= 15 is 4.39 Å². The molecule has 0 atom stereocenters. The normalized spacial score (nSPS) is 11.4. The zero-order chi connectivity index (χ0) is 26.8. The number of carbonyl (C=O) groups is 1. The van der Waals surface area contributed by atoms with Crippen LogP contribution in [0.4, 0.5) is 4.39 Å². The molecule has 5 rings (SSSR count). The number of aliphatic hydroxyl groups excluding tert-OH is 1. The summed E-state index contributed by atoms with van der Waals surface area (Å²) in [5.41, 5.74) is 3.39. The van der Waals surface area contributed by atoms with E-state index in [0.717, 1.165) is 27.5 Å². The fourth-order valence-electron chi connectivity index (χ4n) is 5.14. The lowest BCUT2D eigenvalue weighted by atomic mass is 9.98. The number of halogens is 1. The highest BCUT2D eigenvalue weighted by molar-refractivity contribution is 6.04. The summed E-state index contributed by atoms with van der Waals surface area (Å²) >= 11 is 0. The molecular formula is C30H30FN3O4. The largest absolute Gasteiger partial charge is 0.493 e. The Morgan fingerprint density at radius 2 is 1.87 bits per heavy atom. The monoisotopic (exact) mass is 515 g/mol. The maximum absolute atomic E-state index is 15.3. The molecule has 8 heteroatoms. The van der Waals surface area contributed by atoms with Gasteiger partial charge in [0, 0.05) is 28.9 Å². The summed E-state index contributed by atoms with van der Waals surface area (Å²) in [5, 5.41) is 17.2. The van der Waals surface area contributed by atoms with Gasteiger partial charge < -0.3 is 19.6 Å². The number of rotatable bonds is 9. The number of aromatic nitrogens is 3. The van der Waals surface area contributed by atoms with E-state index in [1.54, 1.807) is 31.6 Å². The number of nitrogens with one attached hydrogen (secondary N) is 1. The molecule has 0 unspecified atom stereocenters. The third kappa shape index (κ3) is 4.52. The van der Waals surface area contributed by atoms with Crippen LogP contribution < -0.4 is 4.74 Å². The van der Waals surface area contributed by atoms with Crippen LogP contribution in [0.5, 0.6) is 5.75 Å². The second-order valence-electron chi connectivity index (χ2n) is 9.16. The molecule has 2 heterocycles. The SMILES string of the molecule is CCOC(=O)c1[nH]c2c(-c3c(C)nn(C)c3CO)c(F)ccc2c1CCCOc1cccc2ccccc12. The second-order valence-corrected chi connectivity index (χ2v) is 9.16. The first-order valence-corrected chi connectivity index (χ1v) is 12.7. The number of ether oxygens (including phenoxy) is 2. The number of hydrogen-bond donors (Lipinski definition) is 2. The molecule has 0 aliphatic heterocycles. The molecule has 0 radical (unpaired) electrons. The summed E-state index contributed by atoms with van der Waals surface area (Å²) in [4.78, 5) is 16.1. The molecule has 0 amide bonds. The number of benzene rings is 3. The molecule has 0 saturated carbocycles. The molecule has 196 valence electrons. The topological polar surface area (TPSA) is 89.4 Å². The molecule has 2 N–H and O–H groups in total. The zero-order valence-electron chi connectivity index (χ0n) is 21.7. The maximum atomic E-state index is 15.3. The number of aryl methyl sites for hydroxylation is 3. The number of fused-ring (bicyclic) bond motifs is 2. The van der Waals surface area contributed by atoms with Crippen LogP contribution >= 0.6 is 0 Å². The predicted octanol–water partition coefficient (Wildman–Crippen LogP) is 5.85. The number of esters is 1. The fraction of sp³-hybridized carbons (Fsp3) is 0.267. The van der Waals surface area contributed by atoms with Crippen molar-refractivity contribution in [1.82, 2.24) is 14.8 Å². The van der Waals surface area contributed by atoms with Crippen molar-refractivity contribution in [3.63, 3.8) is 0 Å². The van der Waals surface area contributed by atoms with Crippen molar-refractivity contribution in [2.24, 2.45) is 7.05 Å². The highest BCUT2D eigenvalue weighted by Gasteiger charge is 2.26. The van der Waals surface area contributed by atoms with Gasteiger partial charge in [-0.1, -0.05) is 36.4 Å². The highest BCUT2D eigenvalue weighted by Crippen LogP contribution is 2.38. The van der Waals surface area contributed by atoms with Crippen LogP contribution in [0.15, 0.2) is 54.6 Å². The third-order valence-corrected chi connectivity index (χ3v) is 6.83. The number of H-pyrrole nitrogens is 1. The quantitative estimate of drug-likeness (QED) is 0.190. The third-order valence-electron chi connectivity index (χ3n) is 6.83. The van der Waals surface area contributed by atoms with Crippen molar-refractivity contribution in [3.05, 3.63) is 83.1 Å². The Kier molecular flexibility index (Phi) is 7.15. The molecule has 3 aromatic carbocycles. The Bertz CT molecular complexity index is 1630. The molecule has 0 spiro atoms. The number of nitrogens with zero attached hydrogens (tertiary/aromatic N) is 2. The van der Waals surface area contributed by atoms with Crippen LogP contribution in [0, 0.1) is 12.7 Å². The maximum Gasteiger partial charge on any atom is 0.355 e. The van der Waals surface area contributed by atoms with E-state index in [1.807, 2.05) is 42.5 Å². The number of aromatic amines is 1.